The molecule has 2 N–H and O–H groups in total. The van der Waals surface area contributed by atoms with E-state index in [2.05, 4.69) is 10.3 Å². The normalized spacial score (nSPS) is 12.1. The number of aromatic nitrogens is 1. The molecule has 104 valence electrons. The molecule has 0 fully saturated rings. The van der Waals surface area contributed by atoms with E-state index >= 15 is 0 Å². The molecule has 6 nitrogen and oxygen atoms in total. The summed E-state index contributed by atoms with van der Waals surface area (Å²) in [6.07, 6.45) is 1.67. The lowest BCUT2D eigenvalue weighted by molar-refractivity contribution is -0.140. The summed E-state index contributed by atoms with van der Waals surface area (Å²) in [6, 6.07) is 7.53. The van der Waals surface area contributed by atoms with E-state index in [1.54, 1.807) is 30.5 Å². The van der Waals surface area contributed by atoms with Gasteiger partial charge in [-0.2, -0.15) is 0 Å². The highest BCUT2D eigenvalue weighted by molar-refractivity contribution is 5.99. The van der Waals surface area contributed by atoms with Gasteiger partial charge in [-0.3, -0.25) is 9.78 Å². The topological polar surface area (TPSA) is 88.5 Å². The summed E-state index contributed by atoms with van der Waals surface area (Å²) in [5.74, 6) is -1.59. The van der Waals surface area contributed by atoms with E-state index in [-0.39, 0.29) is 6.61 Å². The Kier molecular flexibility index (Phi) is 4.27. The number of carbonyl (C=O) groups is 2. The number of rotatable bonds is 5. The van der Waals surface area contributed by atoms with Gasteiger partial charge in [0, 0.05) is 24.3 Å². The number of carboxylic acids is 1. The number of aliphatic carboxylic acids is 1. The maximum atomic E-state index is 12.0. The van der Waals surface area contributed by atoms with Crippen LogP contribution in [-0.2, 0) is 9.53 Å². The molecular formula is C14H14N2O4. The molecule has 0 radical (unpaired) electrons. The maximum Gasteiger partial charge on any atom is 0.328 e. The van der Waals surface area contributed by atoms with Crippen molar-refractivity contribution in [1.29, 1.82) is 0 Å². The number of carboxylic acid groups (broad SMARTS) is 1. The molecule has 0 aliphatic carbocycles. The van der Waals surface area contributed by atoms with Gasteiger partial charge < -0.3 is 15.2 Å². The Morgan fingerprint density at radius 3 is 2.90 bits per heavy atom. The number of hydrogen-bond acceptors (Lipinski definition) is 4. The number of methoxy groups -OCH3 is 1. The van der Waals surface area contributed by atoms with E-state index in [1.807, 2.05) is 6.07 Å². The second-order valence-electron chi connectivity index (χ2n) is 4.23. The zero-order valence-corrected chi connectivity index (χ0v) is 10.9. The van der Waals surface area contributed by atoms with Crippen molar-refractivity contribution in [2.75, 3.05) is 13.7 Å². The Morgan fingerprint density at radius 1 is 1.40 bits per heavy atom. The van der Waals surface area contributed by atoms with Gasteiger partial charge in [0.25, 0.3) is 5.91 Å². The predicted octanol–water partition coefficient (Wildman–Crippen LogP) is 1.06. The van der Waals surface area contributed by atoms with Gasteiger partial charge in [0.15, 0.2) is 6.04 Å². The summed E-state index contributed by atoms with van der Waals surface area (Å²) >= 11 is 0. The largest absolute Gasteiger partial charge is 0.480 e. The van der Waals surface area contributed by atoms with E-state index in [9.17, 15) is 9.59 Å². The first kappa shape index (κ1) is 14.0. The van der Waals surface area contributed by atoms with Crippen molar-refractivity contribution in [1.82, 2.24) is 10.3 Å². The van der Waals surface area contributed by atoms with Crippen LogP contribution < -0.4 is 5.32 Å². The fourth-order valence-electron chi connectivity index (χ4n) is 1.80. The van der Waals surface area contributed by atoms with Crippen molar-refractivity contribution >= 4 is 22.8 Å². The van der Waals surface area contributed by atoms with Crippen LogP contribution in [0.1, 0.15) is 10.4 Å². The molecule has 6 heteroatoms. The van der Waals surface area contributed by atoms with Crippen molar-refractivity contribution in [3.8, 4) is 0 Å². The number of fused-ring (bicyclic) bond motifs is 1. The van der Waals surface area contributed by atoms with Gasteiger partial charge in [0.1, 0.15) is 0 Å². The first-order chi connectivity index (χ1) is 9.61. The number of nitrogens with zero attached hydrogens (tertiary/aromatic N) is 1. The number of amides is 1. The van der Waals surface area contributed by atoms with Crippen LogP contribution in [0.4, 0.5) is 0 Å². The molecule has 1 unspecified atom stereocenters. The molecule has 0 saturated heterocycles. The van der Waals surface area contributed by atoms with Crippen LogP contribution in [0, 0.1) is 0 Å². The van der Waals surface area contributed by atoms with Crippen molar-refractivity contribution in [2.45, 2.75) is 6.04 Å². The van der Waals surface area contributed by atoms with Crippen LogP contribution in [0.25, 0.3) is 10.9 Å². The summed E-state index contributed by atoms with van der Waals surface area (Å²) in [4.78, 5) is 27.1. The van der Waals surface area contributed by atoms with Crippen LogP contribution in [0.5, 0.6) is 0 Å². The molecule has 0 aliphatic rings. The third-order valence-corrected chi connectivity index (χ3v) is 2.80. The van der Waals surface area contributed by atoms with Crippen LogP contribution in [0.3, 0.4) is 0 Å². The summed E-state index contributed by atoms with van der Waals surface area (Å²) in [5, 5.41) is 12.2. The van der Waals surface area contributed by atoms with E-state index in [4.69, 9.17) is 9.84 Å². The Balaban J connectivity index is 2.20. The average Bonchev–Trinajstić information content (AvgIpc) is 2.46. The first-order valence-electron chi connectivity index (χ1n) is 5.99. The second kappa shape index (κ2) is 6.12. The molecule has 20 heavy (non-hydrogen) atoms. The molecule has 1 atom stereocenters. The number of ether oxygens (including phenoxy) is 1. The maximum absolute atomic E-state index is 12.0. The highest BCUT2D eigenvalue weighted by Gasteiger charge is 2.20. The third-order valence-electron chi connectivity index (χ3n) is 2.80. The van der Waals surface area contributed by atoms with Crippen molar-refractivity contribution in [2.24, 2.45) is 0 Å². The van der Waals surface area contributed by atoms with Crippen LogP contribution in [0.15, 0.2) is 36.5 Å². The van der Waals surface area contributed by atoms with Gasteiger partial charge in [0.2, 0.25) is 0 Å². The lowest BCUT2D eigenvalue weighted by atomic mass is 10.1. The zero-order chi connectivity index (χ0) is 14.5. The van der Waals surface area contributed by atoms with Gasteiger partial charge in [-0.1, -0.05) is 6.07 Å². The van der Waals surface area contributed by atoms with E-state index in [0.717, 1.165) is 10.9 Å². The number of benzene rings is 1. The summed E-state index contributed by atoms with van der Waals surface area (Å²) in [5.41, 5.74) is 1.16. The standard InChI is InChI=1S/C14H14N2O4/c1-20-8-12(14(18)19)16-13(17)10-4-5-11-9(7-10)3-2-6-15-11/h2-7,12H,8H2,1H3,(H,16,17)(H,18,19). The molecule has 2 rings (SSSR count). The Bertz CT molecular complexity index is 642. The van der Waals surface area contributed by atoms with Crippen molar-refractivity contribution in [3.63, 3.8) is 0 Å². The minimum Gasteiger partial charge on any atom is -0.480 e. The number of nitrogens with one attached hydrogen (secondary N) is 1. The minimum atomic E-state index is -1.14. The number of pyridine rings is 1. The van der Waals surface area contributed by atoms with E-state index in [1.165, 1.54) is 7.11 Å². The van der Waals surface area contributed by atoms with E-state index < -0.39 is 17.9 Å². The quantitative estimate of drug-likeness (QED) is 0.851. The van der Waals surface area contributed by atoms with Crippen LogP contribution >= 0.6 is 0 Å². The summed E-state index contributed by atoms with van der Waals surface area (Å²) in [6.45, 7) is -0.0871. The molecule has 1 heterocycles. The Labute approximate surface area is 115 Å². The molecule has 1 aromatic carbocycles. The van der Waals surface area contributed by atoms with Gasteiger partial charge >= 0.3 is 5.97 Å². The molecular weight excluding hydrogens is 260 g/mol. The fraction of sp³-hybridized carbons (Fsp3) is 0.214. The average molecular weight is 274 g/mol. The second-order valence-corrected chi connectivity index (χ2v) is 4.23. The van der Waals surface area contributed by atoms with Crippen LogP contribution in [-0.4, -0.2) is 41.7 Å². The first-order valence-corrected chi connectivity index (χ1v) is 5.99. The molecule has 0 spiro atoms. The number of hydrogen-bond donors (Lipinski definition) is 2. The van der Waals surface area contributed by atoms with Gasteiger partial charge in [-0.05, 0) is 24.3 Å². The van der Waals surface area contributed by atoms with Crippen LogP contribution in [0.2, 0.25) is 0 Å². The molecule has 0 aliphatic heterocycles. The Hall–Kier alpha value is -2.47. The molecule has 2 aromatic rings. The fourth-order valence-corrected chi connectivity index (χ4v) is 1.80. The summed E-state index contributed by atoms with van der Waals surface area (Å²) in [7, 11) is 1.38. The molecule has 1 amide bonds. The van der Waals surface area contributed by atoms with Gasteiger partial charge in [0.05, 0.1) is 12.1 Å². The predicted molar refractivity (Wildman–Crippen MR) is 72.5 cm³/mol. The monoisotopic (exact) mass is 274 g/mol. The summed E-state index contributed by atoms with van der Waals surface area (Å²) < 4.78 is 4.77. The minimum absolute atomic E-state index is 0.0871. The highest BCUT2D eigenvalue weighted by atomic mass is 16.5. The highest BCUT2D eigenvalue weighted by Crippen LogP contribution is 2.13. The Morgan fingerprint density at radius 2 is 2.20 bits per heavy atom. The number of carbonyl (C=O) groups excluding carboxylic acids is 1. The lowest BCUT2D eigenvalue weighted by Gasteiger charge is -2.13. The third kappa shape index (κ3) is 3.10. The smallest absolute Gasteiger partial charge is 0.328 e. The molecule has 1 aromatic heterocycles. The molecule has 0 bridgehead atoms. The SMILES string of the molecule is COCC(NC(=O)c1ccc2ncccc2c1)C(=O)O. The van der Waals surface area contributed by atoms with E-state index in [0.29, 0.717) is 5.56 Å². The zero-order valence-electron chi connectivity index (χ0n) is 10.9. The van der Waals surface area contributed by atoms with Gasteiger partial charge in [-0.25, -0.2) is 4.79 Å². The lowest BCUT2D eigenvalue weighted by Crippen LogP contribution is -2.43. The molecule has 0 saturated carbocycles. The van der Waals surface area contributed by atoms with Gasteiger partial charge in [-0.15, -0.1) is 0 Å². The van der Waals surface area contributed by atoms with Crippen molar-refractivity contribution < 1.29 is 19.4 Å². The van der Waals surface area contributed by atoms with Crippen molar-refractivity contribution in [3.05, 3.63) is 42.1 Å².